The zero-order chi connectivity index (χ0) is 6.69. The molecule has 1 aliphatic rings. The molecular weight excluding hydrogens is 117 g/mol. The fraction of sp³-hybridized carbons (Fsp3) is 1.00. The van der Waals surface area contributed by atoms with Gasteiger partial charge in [-0.2, -0.15) is 0 Å². The largest absolute Gasteiger partial charge is 0.394 e. The molecule has 0 bridgehead atoms. The number of rotatable bonds is 1. The second-order valence-electron chi connectivity index (χ2n) is 2.41. The summed E-state index contributed by atoms with van der Waals surface area (Å²) in [6.07, 6.45) is 0.00810. The standard InChI is InChI=1S/C5H12BNO2/c6-5-2-7-1-4(3-8)9-5/h4-5,7-8H,1-3,6H2. The Labute approximate surface area is 55.8 Å². The van der Waals surface area contributed by atoms with E-state index in [1.807, 2.05) is 7.85 Å². The molecule has 2 atom stereocenters. The van der Waals surface area contributed by atoms with E-state index in [1.54, 1.807) is 0 Å². The van der Waals surface area contributed by atoms with Gasteiger partial charge in [0.15, 0.2) is 0 Å². The fourth-order valence-electron chi connectivity index (χ4n) is 0.980. The Bertz CT molecular complexity index is 91.0. The average Bonchev–Trinajstić information content (AvgIpc) is 1.88. The van der Waals surface area contributed by atoms with Gasteiger partial charge >= 0.3 is 0 Å². The summed E-state index contributed by atoms with van der Waals surface area (Å²) in [4.78, 5) is 0. The quantitative estimate of drug-likeness (QED) is 0.399. The van der Waals surface area contributed by atoms with Crippen molar-refractivity contribution < 1.29 is 9.84 Å². The molecule has 0 spiro atoms. The Morgan fingerprint density at radius 2 is 2.44 bits per heavy atom. The number of hydrogen-bond acceptors (Lipinski definition) is 3. The van der Waals surface area contributed by atoms with Crippen molar-refractivity contribution in [2.45, 2.75) is 12.1 Å². The SMILES string of the molecule is BC1CNCC(CO)O1. The highest BCUT2D eigenvalue weighted by atomic mass is 16.5. The lowest BCUT2D eigenvalue weighted by Crippen LogP contribution is -2.46. The average molecular weight is 129 g/mol. The van der Waals surface area contributed by atoms with Crippen molar-refractivity contribution in [2.75, 3.05) is 19.7 Å². The van der Waals surface area contributed by atoms with E-state index in [4.69, 9.17) is 9.84 Å². The van der Waals surface area contributed by atoms with Gasteiger partial charge < -0.3 is 15.2 Å². The summed E-state index contributed by atoms with van der Waals surface area (Å²) in [5, 5.41) is 11.8. The lowest BCUT2D eigenvalue weighted by Gasteiger charge is -2.27. The molecule has 1 rings (SSSR count). The summed E-state index contributed by atoms with van der Waals surface area (Å²) < 4.78 is 5.32. The summed E-state index contributed by atoms with van der Waals surface area (Å²) in [7, 11) is 1.99. The second-order valence-corrected chi connectivity index (χ2v) is 2.41. The van der Waals surface area contributed by atoms with Gasteiger partial charge in [0.05, 0.1) is 12.7 Å². The van der Waals surface area contributed by atoms with E-state index in [9.17, 15) is 0 Å². The van der Waals surface area contributed by atoms with E-state index in [-0.39, 0.29) is 18.7 Å². The maximum atomic E-state index is 8.64. The molecule has 1 saturated heterocycles. The van der Waals surface area contributed by atoms with Gasteiger partial charge in [-0.05, 0) is 0 Å². The third-order valence-electron chi connectivity index (χ3n) is 1.43. The Morgan fingerprint density at radius 3 is 2.89 bits per heavy atom. The zero-order valence-electron chi connectivity index (χ0n) is 5.63. The van der Waals surface area contributed by atoms with Crippen LogP contribution in [0.2, 0.25) is 0 Å². The van der Waals surface area contributed by atoms with Crippen molar-refractivity contribution in [1.82, 2.24) is 5.32 Å². The first-order chi connectivity index (χ1) is 4.33. The van der Waals surface area contributed by atoms with Gasteiger partial charge in [-0.15, -0.1) is 0 Å². The van der Waals surface area contributed by atoms with E-state index >= 15 is 0 Å². The van der Waals surface area contributed by atoms with Crippen molar-refractivity contribution in [3.63, 3.8) is 0 Å². The molecule has 2 N–H and O–H groups in total. The van der Waals surface area contributed by atoms with Gasteiger partial charge in [-0.3, -0.25) is 0 Å². The van der Waals surface area contributed by atoms with Crippen LogP contribution in [0, 0.1) is 0 Å². The van der Waals surface area contributed by atoms with Crippen LogP contribution in [0.25, 0.3) is 0 Å². The van der Waals surface area contributed by atoms with Gasteiger partial charge in [0.1, 0.15) is 7.85 Å². The monoisotopic (exact) mass is 129 g/mol. The molecule has 0 aromatic rings. The maximum absolute atomic E-state index is 8.64. The Balaban J connectivity index is 2.23. The first kappa shape index (κ1) is 7.06. The van der Waals surface area contributed by atoms with E-state index < -0.39 is 0 Å². The van der Waals surface area contributed by atoms with Crippen molar-refractivity contribution in [1.29, 1.82) is 0 Å². The van der Waals surface area contributed by atoms with Crippen LogP contribution >= 0.6 is 0 Å². The molecule has 2 unspecified atom stereocenters. The van der Waals surface area contributed by atoms with Crippen LogP contribution in [-0.2, 0) is 4.74 Å². The minimum absolute atomic E-state index is 0.00810. The summed E-state index contributed by atoms with van der Waals surface area (Å²) in [6.45, 7) is 1.80. The molecule has 52 valence electrons. The molecule has 1 aliphatic heterocycles. The lowest BCUT2D eigenvalue weighted by atomic mass is 9.98. The normalized spacial score (nSPS) is 36.6. The fourth-order valence-corrected chi connectivity index (χ4v) is 0.980. The van der Waals surface area contributed by atoms with E-state index in [1.165, 1.54) is 0 Å². The second kappa shape index (κ2) is 3.20. The number of morpholine rings is 1. The molecule has 1 fully saturated rings. The smallest absolute Gasteiger partial charge is 0.140 e. The molecule has 0 saturated carbocycles. The first-order valence-corrected chi connectivity index (χ1v) is 3.30. The molecular formula is C5H12BNO2. The third kappa shape index (κ3) is 1.97. The van der Waals surface area contributed by atoms with Crippen molar-refractivity contribution in [2.24, 2.45) is 0 Å². The van der Waals surface area contributed by atoms with Crippen LogP contribution in [-0.4, -0.2) is 44.8 Å². The third-order valence-corrected chi connectivity index (χ3v) is 1.43. The van der Waals surface area contributed by atoms with Crippen molar-refractivity contribution in [3.8, 4) is 0 Å². The van der Waals surface area contributed by atoms with E-state index in [2.05, 4.69) is 5.32 Å². The minimum atomic E-state index is 0.00810. The highest BCUT2D eigenvalue weighted by Gasteiger charge is 2.16. The zero-order valence-corrected chi connectivity index (χ0v) is 5.63. The Hall–Kier alpha value is -0.0551. The highest BCUT2D eigenvalue weighted by Crippen LogP contribution is 1.98. The van der Waals surface area contributed by atoms with Crippen LogP contribution in [0.15, 0.2) is 0 Å². The Kier molecular flexibility index (Phi) is 2.51. The van der Waals surface area contributed by atoms with Gasteiger partial charge in [0.2, 0.25) is 0 Å². The van der Waals surface area contributed by atoms with Gasteiger partial charge in [0.25, 0.3) is 0 Å². The summed E-state index contributed by atoms with van der Waals surface area (Å²) in [5.74, 6) is 0. The first-order valence-electron chi connectivity index (χ1n) is 3.30. The van der Waals surface area contributed by atoms with Crippen LogP contribution in [0.5, 0.6) is 0 Å². The van der Waals surface area contributed by atoms with Crippen molar-refractivity contribution >= 4 is 7.85 Å². The molecule has 4 heteroatoms. The molecule has 0 radical (unpaired) electrons. The van der Waals surface area contributed by atoms with E-state index in [0.29, 0.717) is 0 Å². The maximum Gasteiger partial charge on any atom is 0.140 e. The van der Waals surface area contributed by atoms with E-state index in [0.717, 1.165) is 13.1 Å². The summed E-state index contributed by atoms with van der Waals surface area (Å²) >= 11 is 0. The van der Waals surface area contributed by atoms with Gasteiger partial charge in [-0.1, -0.05) is 0 Å². The molecule has 0 amide bonds. The van der Waals surface area contributed by atoms with Crippen LogP contribution in [0.1, 0.15) is 0 Å². The number of nitrogens with one attached hydrogen (secondary N) is 1. The number of aliphatic hydroxyl groups excluding tert-OH is 1. The van der Waals surface area contributed by atoms with Gasteiger partial charge in [0, 0.05) is 19.1 Å². The molecule has 0 aliphatic carbocycles. The molecule has 1 heterocycles. The number of hydrogen-bond donors (Lipinski definition) is 2. The number of ether oxygens (including phenoxy) is 1. The predicted molar refractivity (Wildman–Crippen MR) is 37.2 cm³/mol. The molecule has 0 aromatic carbocycles. The lowest BCUT2D eigenvalue weighted by molar-refractivity contribution is -0.0257. The van der Waals surface area contributed by atoms with Crippen LogP contribution in [0.3, 0.4) is 0 Å². The Morgan fingerprint density at radius 1 is 1.67 bits per heavy atom. The summed E-state index contributed by atoms with van der Waals surface area (Å²) in [6, 6.07) is 0.246. The van der Waals surface area contributed by atoms with Crippen molar-refractivity contribution in [3.05, 3.63) is 0 Å². The molecule has 3 nitrogen and oxygen atoms in total. The minimum Gasteiger partial charge on any atom is -0.394 e. The van der Waals surface area contributed by atoms with Crippen LogP contribution in [0.4, 0.5) is 0 Å². The van der Waals surface area contributed by atoms with Gasteiger partial charge in [-0.25, -0.2) is 0 Å². The molecule has 9 heavy (non-hydrogen) atoms. The topological polar surface area (TPSA) is 41.5 Å². The predicted octanol–water partition coefficient (Wildman–Crippen LogP) is -2.07. The van der Waals surface area contributed by atoms with Crippen LogP contribution < -0.4 is 5.32 Å². The summed E-state index contributed by atoms with van der Waals surface area (Å²) in [5.41, 5.74) is 0. The number of aliphatic hydroxyl groups is 1. The highest BCUT2D eigenvalue weighted by molar-refractivity contribution is 6.11. The molecule has 0 aromatic heterocycles.